The lowest BCUT2D eigenvalue weighted by atomic mass is 10.00. The van der Waals surface area contributed by atoms with Crippen molar-refractivity contribution in [2.45, 2.75) is 51.3 Å². The SMILES string of the molecule is CC(C)n1ncc(Br)c1C(N)C1CCCCO1. The molecule has 0 aliphatic carbocycles. The van der Waals surface area contributed by atoms with Crippen LogP contribution in [0.1, 0.15) is 50.9 Å². The fraction of sp³-hybridized carbons (Fsp3) is 0.750. The highest BCUT2D eigenvalue weighted by Crippen LogP contribution is 2.30. The molecule has 1 aliphatic rings. The van der Waals surface area contributed by atoms with Crippen LogP contribution in [-0.4, -0.2) is 22.5 Å². The minimum Gasteiger partial charge on any atom is -0.376 e. The number of rotatable bonds is 3. The van der Waals surface area contributed by atoms with E-state index in [0.717, 1.165) is 29.6 Å². The van der Waals surface area contributed by atoms with Gasteiger partial charge in [0.25, 0.3) is 0 Å². The van der Waals surface area contributed by atoms with Gasteiger partial charge in [0.2, 0.25) is 0 Å². The number of halogens is 1. The third kappa shape index (κ3) is 2.72. The number of hydrogen-bond donors (Lipinski definition) is 1. The van der Waals surface area contributed by atoms with Crippen molar-refractivity contribution in [2.24, 2.45) is 5.73 Å². The second kappa shape index (κ2) is 5.50. The zero-order valence-electron chi connectivity index (χ0n) is 10.4. The standard InChI is InChI=1S/C12H20BrN3O/c1-8(2)16-12(9(13)7-15-16)11(14)10-5-3-4-6-17-10/h7-8,10-11H,3-6,14H2,1-2H3. The van der Waals surface area contributed by atoms with Gasteiger partial charge in [-0.25, -0.2) is 0 Å². The quantitative estimate of drug-likeness (QED) is 0.934. The summed E-state index contributed by atoms with van der Waals surface area (Å²) in [6, 6.07) is 0.209. The monoisotopic (exact) mass is 301 g/mol. The smallest absolute Gasteiger partial charge is 0.0783 e. The number of aromatic nitrogens is 2. The van der Waals surface area contributed by atoms with E-state index in [9.17, 15) is 0 Å². The van der Waals surface area contributed by atoms with E-state index in [2.05, 4.69) is 34.9 Å². The Labute approximate surface area is 111 Å². The van der Waals surface area contributed by atoms with Crippen LogP contribution in [0.3, 0.4) is 0 Å². The molecule has 1 aliphatic heterocycles. The zero-order chi connectivity index (χ0) is 12.4. The van der Waals surface area contributed by atoms with Gasteiger partial charge in [0, 0.05) is 12.6 Å². The van der Waals surface area contributed by atoms with Gasteiger partial charge in [-0.2, -0.15) is 5.10 Å². The average Bonchev–Trinajstić information content (AvgIpc) is 2.71. The maximum Gasteiger partial charge on any atom is 0.0783 e. The highest BCUT2D eigenvalue weighted by Gasteiger charge is 2.27. The van der Waals surface area contributed by atoms with Crippen molar-refractivity contribution in [1.29, 1.82) is 0 Å². The molecule has 0 radical (unpaired) electrons. The van der Waals surface area contributed by atoms with E-state index in [1.165, 1.54) is 6.42 Å². The molecule has 96 valence electrons. The van der Waals surface area contributed by atoms with Crippen LogP contribution in [0, 0.1) is 0 Å². The maximum atomic E-state index is 6.34. The van der Waals surface area contributed by atoms with Crippen LogP contribution in [0.25, 0.3) is 0 Å². The molecule has 1 aromatic rings. The van der Waals surface area contributed by atoms with E-state index >= 15 is 0 Å². The van der Waals surface area contributed by atoms with Gasteiger partial charge in [0.15, 0.2) is 0 Å². The van der Waals surface area contributed by atoms with Crippen LogP contribution in [0.4, 0.5) is 0 Å². The van der Waals surface area contributed by atoms with Crippen molar-refractivity contribution < 1.29 is 4.74 Å². The first-order chi connectivity index (χ1) is 8.11. The summed E-state index contributed by atoms with van der Waals surface area (Å²) in [4.78, 5) is 0. The summed E-state index contributed by atoms with van der Waals surface area (Å²) in [5.41, 5.74) is 7.39. The molecule has 2 atom stereocenters. The lowest BCUT2D eigenvalue weighted by Crippen LogP contribution is -2.34. The minimum absolute atomic E-state index is 0.102. The molecule has 1 fully saturated rings. The molecule has 0 amide bonds. The Bertz CT molecular complexity index is 372. The maximum absolute atomic E-state index is 6.34. The molecule has 2 heterocycles. The number of nitrogens with two attached hydrogens (primary N) is 1. The van der Waals surface area contributed by atoms with Gasteiger partial charge in [0.1, 0.15) is 0 Å². The van der Waals surface area contributed by atoms with Gasteiger partial charge in [-0.05, 0) is 49.0 Å². The number of hydrogen-bond acceptors (Lipinski definition) is 3. The molecule has 0 bridgehead atoms. The molecular weight excluding hydrogens is 282 g/mol. The Kier molecular flexibility index (Phi) is 4.22. The average molecular weight is 302 g/mol. The molecule has 1 saturated heterocycles. The largest absolute Gasteiger partial charge is 0.376 e. The molecule has 0 aromatic carbocycles. The van der Waals surface area contributed by atoms with E-state index in [0.29, 0.717) is 6.04 Å². The van der Waals surface area contributed by atoms with Gasteiger partial charge >= 0.3 is 0 Å². The molecule has 17 heavy (non-hydrogen) atoms. The molecule has 5 heteroatoms. The Morgan fingerprint density at radius 2 is 2.29 bits per heavy atom. The van der Waals surface area contributed by atoms with Crippen molar-refractivity contribution in [3.63, 3.8) is 0 Å². The lowest BCUT2D eigenvalue weighted by Gasteiger charge is -2.29. The van der Waals surface area contributed by atoms with E-state index in [-0.39, 0.29) is 12.1 Å². The third-order valence-electron chi connectivity index (χ3n) is 3.21. The van der Waals surface area contributed by atoms with Gasteiger partial charge < -0.3 is 10.5 Å². The van der Waals surface area contributed by atoms with Crippen molar-refractivity contribution in [3.05, 3.63) is 16.4 Å². The topological polar surface area (TPSA) is 53.1 Å². The molecule has 0 saturated carbocycles. The van der Waals surface area contributed by atoms with Gasteiger partial charge in [-0.15, -0.1) is 0 Å². The van der Waals surface area contributed by atoms with Crippen LogP contribution in [0.5, 0.6) is 0 Å². The second-order valence-corrected chi connectivity index (χ2v) is 5.70. The fourth-order valence-corrected chi connectivity index (χ4v) is 2.84. The van der Waals surface area contributed by atoms with Gasteiger partial charge in [-0.1, -0.05) is 0 Å². The van der Waals surface area contributed by atoms with E-state index in [4.69, 9.17) is 10.5 Å². The Morgan fingerprint density at radius 3 is 2.88 bits per heavy atom. The van der Waals surface area contributed by atoms with Crippen LogP contribution < -0.4 is 5.73 Å². The molecular formula is C12H20BrN3O. The summed E-state index contributed by atoms with van der Waals surface area (Å²) >= 11 is 3.53. The second-order valence-electron chi connectivity index (χ2n) is 4.85. The van der Waals surface area contributed by atoms with E-state index in [1.807, 2.05) is 10.9 Å². The van der Waals surface area contributed by atoms with Crippen LogP contribution in [0.2, 0.25) is 0 Å². The van der Waals surface area contributed by atoms with E-state index < -0.39 is 0 Å². The van der Waals surface area contributed by atoms with Crippen molar-refractivity contribution in [3.8, 4) is 0 Å². The summed E-state index contributed by atoms with van der Waals surface area (Å²) < 4.78 is 8.72. The van der Waals surface area contributed by atoms with Crippen molar-refractivity contribution in [2.75, 3.05) is 6.61 Å². The third-order valence-corrected chi connectivity index (χ3v) is 3.82. The van der Waals surface area contributed by atoms with Crippen molar-refractivity contribution >= 4 is 15.9 Å². The fourth-order valence-electron chi connectivity index (χ4n) is 2.30. The minimum atomic E-state index is -0.102. The van der Waals surface area contributed by atoms with Crippen LogP contribution >= 0.6 is 15.9 Å². The Hall–Kier alpha value is -0.390. The van der Waals surface area contributed by atoms with Crippen LogP contribution in [-0.2, 0) is 4.74 Å². The normalized spacial score (nSPS) is 23.0. The summed E-state index contributed by atoms with van der Waals surface area (Å²) in [5.74, 6) is 0. The van der Waals surface area contributed by atoms with Gasteiger partial charge in [-0.3, -0.25) is 4.68 Å². The molecule has 1 aromatic heterocycles. The summed E-state index contributed by atoms with van der Waals surface area (Å²) in [6.45, 7) is 5.04. The molecule has 2 unspecified atom stereocenters. The summed E-state index contributed by atoms with van der Waals surface area (Å²) in [5, 5.41) is 4.37. The van der Waals surface area contributed by atoms with E-state index in [1.54, 1.807) is 0 Å². The highest BCUT2D eigenvalue weighted by molar-refractivity contribution is 9.10. The summed E-state index contributed by atoms with van der Waals surface area (Å²) in [6.07, 6.45) is 5.32. The van der Waals surface area contributed by atoms with Crippen LogP contribution in [0.15, 0.2) is 10.7 Å². The first-order valence-corrected chi connectivity index (χ1v) is 7.00. The Morgan fingerprint density at radius 1 is 1.53 bits per heavy atom. The Balaban J connectivity index is 2.22. The lowest BCUT2D eigenvalue weighted by molar-refractivity contribution is -0.00191. The van der Waals surface area contributed by atoms with Gasteiger partial charge in [0.05, 0.1) is 28.5 Å². The predicted molar refractivity (Wildman–Crippen MR) is 70.8 cm³/mol. The first-order valence-electron chi connectivity index (χ1n) is 6.21. The highest BCUT2D eigenvalue weighted by atomic mass is 79.9. The summed E-state index contributed by atoms with van der Waals surface area (Å²) in [7, 11) is 0. The number of nitrogens with zero attached hydrogens (tertiary/aromatic N) is 2. The predicted octanol–water partition coefficient (Wildman–Crippen LogP) is 2.80. The molecule has 0 spiro atoms. The van der Waals surface area contributed by atoms with Crippen molar-refractivity contribution in [1.82, 2.24) is 9.78 Å². The first kappa shape index (κ1) is 13.1. The zero-order valence-corrected chi connectivity index (χ0v) is 12.0. The molecule has 4 nitrogen and oxygen atoms in total. The number of ether oxygens (including phenoxy) is 1. The molecule has 2 N–H and O–H groups in total. The molecule has 2 rings (SSSR count).